The van der Waals surface area contributed by atoms with Crippen molar-refractivity contribution in [1.82, 2.24) is 9.97 Å². The van der Waals surface area contributed by atoms with Crippen LogP contribution in [0.25, 0.3) is 17.1 Å². The van der Waals surface area contributed by atoms with Crippen LogP contribution in [-0.2, 0) is 17.6 Å². The van der Waals surface area contributed by atoms with Crippen LogP contribution in [-0.4, -0.2) is 21.0 Å². The van der Waals surface area contributed by atoms with Gasteiger partial charge in [-0.1, -0.05) is 32.1 Å². The van der Waals surface area contributed by atoms with E-state index in [2.05, 4.69) is 18.8 Å². The van der Waals surface area contributed by atoms with Crippen LogP contribution in [0.5, 0.6) is 0 Å². The summed E-state index contributed by atoms with van der Waals surface area (Å²) in [5, 5.41) is 8.70. The van der Waals surface area contributed by atoms with Crippen LogP contribution in [0.3, 0.4) is 0 Å². The van der Waals surface area contributed by atoms with Gasteiger partial charge in [-0.2, -0.15) is 0 Å². The molecule has 0 saturated carbocycles. The number of benzene rings is 1. The van der Waals surface area contributed by atoms with E-state index in [1.54, 1.807) is 13.0 Å². The third kappa shape index (κ3) is 3.79. The van der Waals surface area contributed by atoms with Crippen molar-refractivity contribution >= 4 is 23.1 Å². The first-order valence-corrected chi connectivity index (χ1v) is 7.42. The van der Waals surface area contributed by atoms with Gasteiger partial charge in [-0.05, 0) is 43.0 Å². The molecule has 4 heteroatoms. The zero-order valence-electron chi connectivity index (χ0n) is 13.1. The van der Waals surface area contributed by atoms with Crippen molar-refractivity contribution in [3.63, 3.8) is 0 Å². The molecule has 4 nitrogen and oxygen atoms in total. The first-order chi connectivity index (χ1) is 10.5. The lowest BCUT2D eigenvalue weighted by molar-refractivity contribution is -0.131. The standard InChI is InChI=1S/C18H20N2O2/c1-4-14-15(5-2)20-17-11-13(8-9-16(17)19-14)7-6-12(3)10-18(21)22/h6-11H,4-5H2,1-3H3,(H,21,22). The van der Waals surface area contributed by atoms with Gasteiger partial charge in [0.15, 0.2) is 0 Å². The molecule has 22 heavy (non-hydrogen) atoms. The molecule has 114 valence electrons. The third-order valence-electron chi connectivity index (χ3n) is 3.40. The number of aliphatic carboxylic acids is 1. The van der Waals surface area contributed by atoms with E-state index in [-0.39, 0.29) is 0 Å². The topological polar surface area (TPSA) is 63.1 Å². The minimum absolute atomic E-state index is 0.689. The Labute approximate surface area is 130 Å². The number of hydrogen-bond donors (Lipinski definition) is 1. The molecule has 0 atom stereocenters. The van der Waals surface area contributed by atoms with Gasteiger partial charge in [0.05, 0.1) is 22.4 Å². The predicted octanol–water partition coefficient (Wildman–Crippen LogP) is 3.80. The van der Waals surface area contributed by atoms with Crippen LogP contribution >= 0.6 is 0 Å². The van der Waals surface area contributed by atoms with Gasteiger partial charge < -0.3 is 5.11 Å². The Bertz CT molecular complexity index is 761. The second-order valence-corrected chi connectivity index (χ2v) is 5.13. The van der Waals surface area contributed by atoms with E-state index in [4.69, 9.17) is 10.1 Å². The van der Waals surface area contributed by atoms with Crippen LogP contribution in [0.1, 0.15) is 37.7 Å². The summed E-state index contributed by atoms with van der Waals surface area (Å²) in [4.78, 5) is 20.0. The highest BCUT2D eigenvalue weighted by Crippen LogP contribution is 2.17. The van der Waals surface area contributed by atoms with E-state index in [0.29, 0.717) is 5.57 Å². The molecule has 0 unspecified atom stereocenters. The van der Waals surface area contributed by atoms with E-state index in [9.17, 15) is 4.79 Å². The Morgan fingerprint density at radius 3 is 2.36 bits per heavy atom. The summed E-state index contributed by atoms with van der Waals surface area (Å²) in [6, 6.07) is 5.90. The van der Waals surface area contributed by atoms with Crippen molar-refractivity contribution in [2.75, 3.05) is 0 Å². The van der Waals surface area contributed by atoms with Gasteiger partial charge in [-0.3, -0.25) is 0 Å². The molecule has 0 amide bonds. The fourth-order valence-electron chi connectivity index (χ4n) is 2.28. The number of allylic oxidation sites excluding steroid dienone is 2. The van der Waals surface area contributed by atoms with Gasteiger partial charge in [-0.15, -0.1) is 0 Å². The molecule has 0 aliphatic rings. The maximum atomic E-state index is 10.6. The molecule has 0 radical (unpaired) electrons. The lowest BCUT2D eigenvalue weighted by Gasteiger charge is -2.07. The number of hydrogen-bond acceptors (Lipinski definition) is 3. The van der Waals surface area contributed by atoms with Gasteiger partial charge >= 0.3 is 5.97 Å². The Morgan fingerprint density at radius 2 is 1.77 bits per heavy atom. The summed E-state index contributed by atoms with van der Waals surface area (Å²) >= 11 is 0. The fourth-order valence-corrected chi connectivity index (χ4v) is 2.28. The maximum absolute atomic E-state index is 10.6. The molecule has 2 rings (SSSR count). The molecule has 2 aromatic rings. The van der Waals surface area contributed by atoms with Gasteiger partial charge in [0.25, 0.3) is 0 Å². The predicted molar refractivity (Wildman–Crippen MR) is 88.7 cm³/mol. The van der Waals surface area contributed by atoms with Crippen molar-refractivity contribution in [3.8, 4) is 0 Å². The number of fused-ring (bicyclic) bond motifs is 1. The van der Waals surface area contributed by atoms with E-state index < -0.39 is 5.97 Å². The van der Waals surface area contributed by atoms with Crippen LogP contribution in [0.4, 0.5) is 0 Å². The highest BCUT2D eigenvalue weighted by molar-refractivity contribution is 5.82. The van der Waals surface area contributed by atoms with Gasteiger partial charge in [0.1, 0.15) is 0 Å². The Balaban J connectivity index is 2.38. The van der Waals surface area contributed by atoms with E-state index >= 15 is 0 Å². The van der Waals surface area contributed by atoms with Crippen molar-refractivity contribution in [2.24, 2.45) is 0 Å². The quantitative estimate of drug-likeness (QED) is 0.673. The zero-order chi connectivity index (χ0) is 16.1. The summed E-state index contributed by atoms with van der Waals surface area (Å²) in [5.41, 5.74) is 5.53. The number of aryl methyl sites for hydroxylation is 2. The van der Waals surface area contributed by atoms with Crippen molar-refractivity contribution in [3.05, 3.63) is 52.9 Å². The Hall–Kier alpha value is -2.49. The average Bonchev–Trinajstić information content (AvgIpc) is 2.50. The van der Waals surface area contributed by atoms with Gasteiger partial charge in [0, 0.05) is 6.08 Å². The third-order valence-corrected chi connectivity index (χ3v) is 3.40. The van der Waals surface area contributed by atoms with Crippen LogP contribution < -0.4 is 0 Å². The van der Waals surface area contributed by atoms with E-state index in [0.717, 1.165) is 40.8 Å². The van der Waals surface area contributed by atoms with Gasteiger partial charge in [0.2, 0.25) is 0 Å². The SMILES string of the molecule is CCc1nc2ccc(C=CC(C)=CC(=O)O)cc2nc1CC. The molecular weight excluding hydrogens is 276 g/mol. The first kappa shape index (κ1) is 15.9. The lowest BCUT2D eigenvalue weighted by Crippen LogP contribution is -2.00. The average molecular weight is 296 g/mol. The molecule has 1 aromatic carbocycles. The molecule has 0 aliphatic carbocycles. The number of rotatable bonds is 5. The smallest absolute Gasteiger partial charge is 0.328 e. The van der Waals surface area contributed by atoms with Crippen LogP contribution in [0, 0.1) is 0 Å². The highest BCUT2D eigenvalue weighted by atomic mass is 16.4. The molecule has 0 aliphatic heterocycles. The summed E-state index contributed by atoms with van der Waals surface area (Å²) in [5.74, 6) is -0.939. The fraction of sp³-hybridized carbons (Fsp3) is 0.278. The number of aromatic nitrogens is 2. The minimum atomic E-state index is -0.939. The van der Waals surface area contributed by atoms with Crippen molar-refractivity contribution in [2.45, 2.75) is 33.6 Å². The molecular formula is C18H20N2O2. The maximum Gasteiger partial charge on any atom is 0.328 e. The first-order valence-electron chi connectivity index (χ1n) is 7.42. The highest BCUT2D eigenvalue weighted by Gasteiger charge is 2.05. The number of carboxylic acid groups (broad SMARTS) is 1. The van der Waals surface area contributed by atoms with Gasteiger partial charge in [-0.25, -0.2) is 14.8 Å². The number of carbonyl (C=O) groups is 1. The monoisotopic (exact) mass is 296 g/mol. The number of carboxylic acids is 1. The Kier molecular flexibility index (Phi) is 5.04. The normalized spacial score (nSPS) is 12.2. The summed E-state index contributed by atoms with van der Waals surface area (Å²) < 4.78 is 0. The lowest BCUT2D eigenvalue weighted by atomic mass is 10.1. The van der Waals surface area contributed by atoms with Crippen LogP contribution in [0.15, 0.2) is 35.9 Å². The minimum Gasteiger partial charge on any atom is -0.478 e. The second kappa shape index (κ2) is 6.98. The summed E-state index contributed by atoms with van der Waals surface area (Å²) in [6.45, 7) is 5.93. The molecule has 0 fully saturated rings. The molecule has 1 N–H and O–H groups in total. The molecule has 0 saturated heterocycles. The zero-order valence-corrected chi connectivity index (χ0v) is 13.1. The Morgan fingerprint density at radius 1 is 1.14 bits per heavy atom. The molecule has 0 spiro atoms. The molecule has 1 aromatic heterocycles. The van der Waals surface area contributed by atoms with E-state index in [1.807, 2.05) is 24.3 Å². The molecule has 0 bridgehead atoms. The van der Waals surface area contributed by atoms with E-state index in [1.165, 1.54) is 6.08 Å². The van der Waals surface area contributed by atoms with Crippen molar-refractivity contribution in [1.29, 1.82) is 0 Å². The summed E-state index contributed by atoms with van der Waals surface area (Å²) in [7, 11) is 0. The molecule has 1 heterocycles. The second-order valence-electron chi connectivity index (χ2n) is 5.13. The number of nitrogens with zero attached hydrogens (tertiary/aromatic N) is 2. The van der Waals surface area contributed by atoms with Crippen molar-refractivity contribution < 1.29 is 9.90 Å². The van der Waals surface area contributed by atoms with Crippen LogP contribution in [0.2, 0.25) is 0 Å². The summed E-state index contributed by atoms with van der Waals surface area (Å²) in [6.07, 6.45) is 6.60. The largest absolute Gasteiger partial charge is 0.478 e.